The highest BCUT2D eigenvalue weighted by Crippen LogP contribution is 2.44. The summed E-state index contributed by atoms with van der Waals surface area (Å²) in [5.41, 5.74) is 12.3. The van der Waals surface area contributed by atoms with E-state index in [4.69, 9.17) is 31.1 Å². The first kappa shape index (κ1) is 50.6. The van der Waals surface area contributed by atoms with Crippen LogP contribution in [0, 0.1) is 19.8 Å². The van der Waals surface area contributed by atoms with Crippen molar-refractivity contribution in [1.82, 2.24) is 34.6 Å². The summed E-state index contributed by atoms with van der Waals surface area (Å²) in [4.78, 5) is 69.8. The third kappa shape index (κ3) is 10.7. The summed E-state index contributed by atoms with van der Waals surface area (Å²) in [6.07, 6.45) is 9.65. The molecule has 15 heteroatoms. The van der Waals surface area contributed by atoms with Crippen molar-refractivity contribution in [3.05, 3.63) is 132 Å². The number of likely N-dealkylation sites (tertiary alicyclic amines) is 1. The fourth-order valence-corrected chi connectivity index (χ4v) is 11.4. The maximum Gasteiger partial charge on any atom is 0.293 e. The lowest BCUT2D eigenvalue weighted by atomic mass is 9.79. The molecular formula is C57H67ClN8O6. The molecule has 14 nitrogen and oxygen atoms in total. The number of hydrogen-bond donors (Lipinski definition) is 2. The highest BCUT2D eigenvalue weighted by Gasteiger charge is 2.34. The Bertz CT molecular complexity index is 3060. The van der Waals surface area contributed by atoms with E-state index in [-0.39, 0.29) is 60.1 Å². The second-order valence-electron chi connectivity index (χ2n) is 20.3. The summed E-state index contributed by atoms with van der Waals surface area (Å²) >= 11 is 6.69. The molecule has 1 saturated carbocycles. The number of fused-ring (bicyclic) bond motifs is 3. The van der Waals surface area contributed by atoms with E-state index in [1.54, 1.807) is 26.4 Å². The van der Waals surface area contributed by atoms with Crippen LogP contribution in [-0.2, 0) is 27.9 Å². The molecule has 2 N–H and O–H groups in total. The average Bonchev–Trinajstić information content (AvgIpc) is 3.86. The third-order valence-electron chi connectivity index (χ3n) is 15.4. The quantitative estimate of drug-likeness (QED) is 0.0984. The van der Waals surface area contributed by atoms with Crippen LogP contribution in [-0.4, -0.2) is 93.8 Å². The van der Waals surface area contributed by atoms with Gasteiger partial charge in [0.25, 0.3) is 11.5 Å². The topological polar surface area (TPSA) is 162 Å². The number of ketones is 1. The van der Waals surface area contributed by atoms with Crippen molar-refractivity contribution in [1.29, 1.82) is 0 Å². The number of hydrogen-bond acceptors (Lipinski definition) is 10. The summed E-state index contributed by atoms with van der Waals surface area (Å²) in [6.45, 7) is 11.0. The van der Waals surface area contributed by atoms with Crippen molar-refractivity contribution in [3.8, 4) is 11.5 Å². The van der Waals surface area contributed by atoms with E-state index < -0.39 is 0 Å². The number of aliphatic imine (C=N–C) groups is 1. The number of nitrogens with zero attached hydrogens (tertiary/aromatic N) is 6. The molecule has 3 aromatic heterocycles. The van der Waals surface area contributed by atoms with Gasteiger partial charge in [0, 0.05) is 104 Å². The minimum atomic E-state index is -0.381. The molecule has 5 heterocycles. The molecule has 2 fully saturated rings. The van der Waals surface area contributed by atoms with E-state index in [9.17, 15) is 19.2 Å². The molecule has 1 unspecified atom stereocenters. The Morgan fingerprint density at radius 3 is 2.38 bits per heavy atom. The highest BCUT2D eigenvalue weighted by molar-refractivity contribution is 6.31. The fraction of sp³-hybridized carbons (Fsp3) is 0.456. The number of piperidine rings is 1. The van der Waals surface area contributed by atoms with Gasteiger partial charge in [-0.15, -0.1) is 0 Å². The number of aryl methyl sites for hydroxylation is 3. The Labute approximate surface area is 427 Å². The summed E-state index contributed by atoms with van der Waals surface area (Å²) in [6, 6.07) is 18.1. The zero-order valence-electron chi connectivity index (χ0n) is 42.7. The molecule has 72 heavy (non-hydrogen) atoms. The van der Waals surface area contributed by atoms with E-state index in [0.29, 0.717) is 46.0 Å². The highest BCUT2D eigenvalue weighted by atomic mass is 35.5. The van der Waals surface area contributed by atoms with Crippen LogP contribution in [0.2, 0.25) is 5.02 Å². The SMILES string of the molecule is CNC(=O)COc1cc2cc(Cc3nc(C4CCC(C(=O)CCCN5CCC(NC(=O)CC6N=C(c7ccc(C)cc7)C7=C(CC(C)=C7C)n7c(C)ccc76)CC5)CC4)ncc3Cl)cc(OC)c2n(C)c1=O. The van der Waals surface area contributed by atoms with E-state index in [0.717, 1.165) is 105 Å². The largest absolute Gasteiger partial charge is 0.495 e. The van der Waals surface area contributed by atoms with Gasteiger partial charge in [0.15, 0.2) is 12.4 Å². The van der Waals surface area contributed by atoms with Crippen LogP contribution in [0.5, 0.6) is 11.5 Å². The smallest absolute Gasteiger partial charge is 0.293 e. The predicted molar refractivity (Wildman–Crippen MR) is 282 cm³/mol. The van der Waals surface area contributed by atoms with Gasteiger partial charge in [0.2, 0.25) is 5.91 Å². The number of nitrogens with one attached hydrogen (secondary N) is 2. The van der Waals surface area contributed by atoms with Crippen molar-refractivity contribution in [2.45, 2.75) is 116 Å². The maximum atomic E-state index is 13.9. The van der Waals surface area contributed by atoms with Gasteiger partial charge in [0.05, 0.1) is 41.5 Å². The Balaban J connectivity index is 0.744. The average molecular weight is 996 g/mol. The number of halogens is 1. The van der Waals surface area contributed by atoms with Gasteiger partial charge in [-0.05, 0) is 121 Å². The lowest BCUT2D eigenvalue weighted by molar-refractivity contribution is -0.124. The zero-order chi connectivity index (χ0) is 50.8. The molecule has 2 aliphatic heterocycles. The monoisotopic (exact) mass is 994 g/mol. The van der Waals surface area contributed by atoms with E-state index >= 15 is 0 Å². The molecular weight excluding hydrogens is 928 g/mol. The van der Waals surface area contributed by atoms with Gasteiger partial charge in [-0.3, -0.25) is 24.2 Å². The molecule has 1 saturated heterocycles. The van der Waals surface area contributed by atoms with Gasteiger partial charge in [-0.1, -0.05) is 47.0 Å². The van der Waals surface area contributed by atoms with Crippen LogP contribution >= 0.6 is 11.6 Å². The number of likely N-dealkylation sites (N-methyl/N-ethyl adjacent to an activating group) is 1. The molecule has 2 aromatic carbocycles. The molecule has 2 amide bonds. The van der Waals surface area contributed by atoms with Crippen molar-refractivity contribution in [3.63, 3.8) is 0 Å². The minimum Gasteiger partial charge on any atom is -0.495 e. The number of allylic oxidation sites excluding steroid dienone is 4. The number of ether oxygens (including phenoxy) is 2. The lowest BCUT2D eigenvalue weighted by Crippen LogP contribution is -2.45. The Hall–Kier alpha value is -6.38. The Kier molecular flexibility index (Phi) is 15.3. The van der Waals surface area contributed by atoms with Crippen LogP contribution < -0.4 is 25.7 Å². The normalized spacial score (nSPS) is 19.4. The van der Waals surface area contributed by atoms with Gasteiger partial charge < -0.3 is 34.1 Å². The lowest BCUT2D eigenvalue weighted by Gasteiger charge is -2.32. The van der Waals surface area contributed by atoms with Crippen LogP contribution in [0.3, 0.4) is 0 Å². The second-order valence-corrected chi connectivity index (χ2v) is 20.7. The number of Topliss-reactive ketones (excluding diaryl/α,β-unsaturated/α-hetero) is 1. The van der Waals surface area contributed by atoms with E-state index in [2.05, 4.69) is 89.2 Å². The van der Waals surface area contributed by atoms with E-state index in [1.165, 1.54) is 39.6 Å². The number of aromatic nitrogens is 4. The zero-order valence-corrected chi connectivity index (χ0v) is 43.5. The molecule has 2 aliphatic carbocycles. The molecule has 5 aromatic rings. The van der Waals surface area contributed by atoms with Gasteiger partial charge in [-0.2, -0.15) is 0 Å². The molecule has 0 spiro atoms. The number of carbonyl (C=O) groups is 3. The Morgan fingerprint density at radius 2 is 1.65 bits per heavy atom. The molecule has 0 radical (unpaired) electrons. The van der Waals surface area contributed by atoms with Crippen molar-refractivity contribution < 1.29 is 23.9 Å². The van der Waals surface area contributed by atoms with Gasteiger partial charge in [-0.25, -0.2) is 9.97 Å². The molecule has 1 atom stereocenters. The van der Waals surface area contributed by atoms with E-state index in [1.807, 2.05) is 12.1 Å². The first-order chi connectivity index (χ1) is 34.7. The van der Waals surface area contributed by atoms with Crippen LogP contribution in [0.4, 0.5) is 0 Å². The summed E-state index contributed by atoms with van der Waals surface area (Å²) in [7, 11) is 4.70. The molecule has 4 aliphatic rings. The van der Waals surface area contributed by atoms with Crippen molar-refractivity contribution in [2.24, 2.45) is 18.0 Å². The number of carbonyl (C=O) groups excluding carboxylic acids is 3. The predicted octanol–water partition coefficient (Wildman–Crippen LogP) is 8.91. The molecule has 378 valence electrons. The third-order valence-corrected chi connectivity index (χ3v) is 15.8. The minimum absolute atomic E-state index is 0.0329. The van der Waals surface area contributed by atoms with Gasteiger partial charge >= 0.3 is 0 Å². The number of benzene rings is 2. The number of pyridine rings is 1. The Morgan fingerprint density at radius 1 is 0.903 bits per heavy atom. The number of methoxy groups -OCH3 is 1. The summed E-state index contributed by atoms with van der Waals surface area (Å²) < 4.78 is 15.1. The standard InChI is InChI=1S/C57H67ClN8O6/c1-33-10-13-39(14-11-33)54-53-36(4)34(2)25-47(53)66-35(3)12-19-46(66)45(62-54)30-51(68)61-42-20-23-65(24-21-42)22-8-9-48(67)38-15-17-40(18-16-38)56-60-31-43(58)44(63-56)27-37-26-41-29-50(72-32-52(69)59-5)57(70)64(6)55(41)49(28-37)71-7/h10-14,19,26,28-29,31,38,40,42,45H,8-9,15-18,20-25,27,30,32H2,1-7H3,(H,59,69)(H,61,68). The molecule has 0 bridgehead atoms. The fourth-order valence-electron chi connectivity index (χ4n) is 11.2. The number of amides is 2. The maximum absolute atomic E-state index is 13.9. The van der Waals surface area contributed by atoms with Crippen LogP contribution in [0.1, 0.15) is 130 Å². The van der Waals surface area contributed by atoms with Crippen LogP contribution in [0.15, 0.2) is 87.3 Å². The first-order valence-electron chi connectivity index (χ1n) is 25.5. The second kappa shape index (κ2) is 21.8. The van der Waals surface area contributed by atoms with Gasteiger partial charge in [0.1, 0.15) is 17.4 Å². The summed E-state index contributed by atoms with van der Waals surface area (Å²) in [5, 5.41) is 7.04. The van der Waals surface area contributed by atoms with Crippen molar-refractivity contribution >= 4 is 51.5 Å². The first-order valence-corrected chi connectivity index (χ1v) is 25.9. The van der Waals surface area contributed by atoms with Crippen molar-refractivity contribution in [2.75, 3.05) is 40.4 Å². The van der Waals surface area contributed by atoms with Crippen LogP contribution in [0.25, 0.3) is 16.6 Å². The summed E-state index contributed by atoms with van der Waals surface area (Å²) in [5.74, 6) is 1.50. The number of rotatable bonds is 16. The molecule has 9 rings (SSSR count).